The van der Waals surface area contributed by atoms with Gasteiger partial charge in [-0.1, -0.05) is 12.1 Å². The third kappa shape index (κ3) is 3.72. The summed E-state index contributed by atoms with van der Waals surface area (Å²) < 4.78 is 0. The molecule has 2 N–H and O–H groups in total. The van der Waals surface area contributed by atoms with Gasteiger partial charge in [0.05, 0.1) is 11.8 Å². The number of aliphatic carboxylic acids is 1. The van der Waals surface area contributed by atoms with E-state index < -0.39 is 17.8 Å². The molecule has 5 rings (SSSR count). The Labute approximate surface area is 158 Å². The Hall–Kier alpha value is -2.69. The van der Waals surface area contributed by atoms with Gasteiger partial charge in [0.2, 0.25) is 5.91 Å². The standard InChI is InChI=1S/C22H24N2O3/c25-21(19-16-3-5-17(6-4-16)20(19)22(26)27)24-18-7-1-14(2-8-18)13-15-9-11-23-12-10-15/h1-2,7-12,16-17,19-20H,3-6,13H2,(H,24,25)(H,26,27)/t16?,17?,19-,20-/m0/s1. The number of carbonyl (C=O) groups is 2. The van der Waals surface area contributed by atoms with Gasteiger partial charge in [-0.3, -0.25) is 14.6 Å². The van der Waals surface area contributed by atoms with Crippen molar-refractivity contribution in [3.05, 3.63) is 59.9 Å². The van der Waals surface area contributed by atoms with Gasteiger partial charge in [0.25, 0.3) is 0 Å². The molecule has 1 aromatic heterocycles. The van der Waals surface area contributed by atoms with E-state index in [0.29, 0.717) is 0 Å². The molecule has 140 valence electrons. The number of aromatic nitrogens is 1. The van der Waals surface area contributed by atoms with Crippen molar-refractivity contribution in [2.24, 2.45) is 23.7 Å². The zero-order valence-electron chi connectivity index (χ0n) is 15.2. The molecule has 0 aliphatic heterocycles. The average Bonchev–Trinajstić information content (AvgIpc) is 2.70. The van der Waals surface area contributed by atoms with Gasteiger partial charge in [-0.15, -0.1) is 0 Å². The highest BCUT2D eigenvalue weighted by Gasteiger charge is 2.50. The minimum atomic E-state index is -0.822. The molecule has 2 atom stereocenters. The summed E-state index contributed by atoms with van der Waals surface area (Å²) in [5, 5.41) is 12.6. The Morgan fingerprint density at radius 1 is 0.889 bits per heavy atom. The van der Waals surface area contributed by atoms with Gasteiger partial charge in [-0.2, -0.15) is 0 Å². The number of hydrogen-bond donors (Lipinski definition) is 2. The summed E-state index contributed by atoms with van der Waals surface area (Å²) >= 11 is 0. The largest absolute Gasteiger partial charge is 0.481 e. The predicted molar refractivity (Wildman–Crippen MR) is 102 cm³/mol. The molecular weight excluding hydrogens is 340 g/mol. The maximum Gasteiger partial charge on any atom is 0.307 e. The molecular formula is C22H24N2O3. The van der Waals surface area contributed by atoms with Crippen LogP contribution in [0.4, 0.5) is 5.69 Å². The van der Waals surface area contributed by atoms with Gasteiger partial charge in [-0.05, 0) is 79.3 Å². The summed E-state index contributed by atoms with van der Waals surface area (Å²) in [6.45, 7) is 0. The first-order valence-electron chi connectivity index (χ1n) is 9.63. The highest BCUT2D eigenvalue weighted by molar-refractivity contribution is 5.95. The van der Waals surface area contributed by atoms with Gasteiger partial charge in [0, 0.05) is 18.1 Å². The molecule has 0 unspecified atom stereocenters. The molecule has 2 aromatic rings. The van der Waals surface area contributed by atoms with Crippen molar-refractivity contribution in [1.82, 2.24) is 4.98 Å². The molecule has 3 fully saturated rings. The van der Waals surface area contributed by atoms with E-state index in [1.807, 2.05) is 36.4 Å². The maximum absolute atomic E-state index is 12.9. The molecule has 1 heterocycles. The third-order valence-electron chi connectivity index (χ3n) is 6.19. The lowest BCUT2D eigenvalue weighted by atomic mass is 9.58. The molecule has 5 heteroatoms. The minimum absolute atomic E-state index is 0.140. The first-order chi connectivity index (χ1) is 13.1. The number of nitrogens with one attached hydrogen (secondary N) is 1. The highest BCUT2D eigenvalue weighted by Crippen LogP contribution is 2.49. The smallest absolute Gasteiger partial charge is 0.307 e. The fraction of sp³-hybridized carbons (Fsp3) is 0.409. The lowest BCUT2D eigenvalue weighted by Gasteiger charge is -2.45. The van der Waals surface area contributed by atoms with Gasteiger partial charge < -0.3 is 10.4 Å². The second kappa shape index (κ2) is 7.51. The summed E-state index contributed by atoms with van der Waals surface area (Å²) in [4.78, 5) is 28.6. The monoisotopic (exact) mass is 364 g/mol. The number of pyridine rings is 1. The van der Waals surface area contributed by atoms with Gasteiger partial charge >= 0.3 is 5.97 Å². The molecule has 0 radical (unpaired) electrons. The normalized spacial score (nSPS) is 26.5. The van der Waals surface area contributed by atoms with Gasteiger partial charge in [-0.25, -0.2) is 0 Å². The number of anilines is 1. The Morgan fingerprint density at radius 3 is 2.04 bits per heavy atom. The molecule has 2 bridgehead atoms. The van der Waals surface area contributed by atoms with E-state index in [2.05, 4.69) is 10.3 Å². The first-order valence-corrected chi connectivity index (χ1v) is 9.63. The van der Waals surface area contributed by atoms with Crippen LogP contribution in [0.2, 0.25) is 0 Å². The Kier molecular flexibility index (Phi) is 4.92. The van der Waals surface area contributed by atoms with Gasteiger partial charge in [0.1, 0.15) is 0 Å². The van der Waals surface area contributed by atoms with Gasteiger partial charge in [0.15, 0.2) is 0 Å². The Bertz CT molecular complexity index is 811. The molecule has 1 aromatic carbocycles. The van der Waals surface area contributed by atoms with Crippen molar-refractivity contribution in [2.75, 3.05) is 5.32 Å². The van der Waals surface area contributed by atoms with Crippen molar-refractivity contribution < 1.29 is 14.7 Å². The Balaban J connectivity index is 1.44. The van der Waals surface area contributed by atoms with Crippen LogP contribution in [0.15, 0.2) is 48.8 Å². The van der Waals surface area contributed by atoms with Crippen LogP contribution in [-0.2, 0) is 16.0 Å². The molecule has 1 amide bonds. The van der Waals surface area contributed by atoms with E-state index in [1.54, 1.807) is 12.4 Å². The number of carboxylic acids is 1. The number of fused-ring (bicyclic) bond motifs is 3. The lowest BCUT2D eigenvalue weighted by Crippen LogP contribution is -2.49. The topological polar surface area (TPSA) is 79.3 Å². The summed E-state index contributed by atoms with van der Waals surface area (Å²) in [7, 11) is 0. The van der Waals surface area contributed by atoms with Crippen molar-refractivity contribution >= 4 is 17.6 Å². The van der Waals surface area contributed by atoms with Crippen LogP contribution in [0, 0.1) is 23.7 Å². The maximum atomic E-state index is 12.9. The molecule has 3 aliphatic rings. The number of carbonyl (C=O) groups excluding carboxylic acids is 1. The zero-order valence-corrected chi connectivity index (χ0v) is 15.2. The number of hydrogen-bond acceptors (Lipinski definition) is 3. The Morgan fingerprint density at radius 2 is 1.44 bits per heavy atom. The van der Waals surface area contributed by atoms with E-state index in [4.69, 9.17) is 0 Å². The molecule has 0 saturated heterocycles. The number of carboxylic acid groups (broad SMARTS) is 1. The van der Waals surface area contributed by atoms with Crippen molar-refractivity contribution in [1.29, 1.82) is 0 Å². The van der Waals surface area contributed by atoms with Crippen LogP contribution in [0.1, 0.15) is 36.8 Å². The van der Waals surface area contributed by atoms with E-state index in [9.17, 15) is 14.7 Å². The summed E-state index contributed by atoms with van der Waals surface area (Å²) in [6, 6.07) is 11.8. The second-order valence-electron chi connectivity index (χ2n) is 7.78. The number of nitrogens with zero attached hydrogens (tertiary/aromatic N) is 1. The van der Waals surface area contributed by atoms with E-state index in [1.165, 1.54) is 5.56 Å². The quantitative estimate of drug-likeness (QED) is 0.847. The fourth-order valence-corrected chi connectivity index (χ4v) is 4.85. The predicted octanol–water partition coefficient (Wildman–Crippen LogP) is 3.75. The zero-order chi connectivity index (χ0) is 18.8. The second-order valence-corrected chi connectivity index (χ2v) is 7.78. The average molecular weight is 364 g/mol. The van der Waals surface area contributed by atoms with Crippen molar-refractivity contribution in [3.8, 4) is 0 Å². The van der Waals surface area contributed by atoms with Crippen LogP contribution in [-0.4, -0.2) is 22.0 Å². The molecule has 3 saturated carbocycles. The molecule has 0 spiro atoms. The summed E-state index contributed by atoms with van der Waals surface area (Å²) in [6.07, 6.45) is 8.19. The van der Waals surface area contributed by atoms with Crippen LogP contribution < -0.4 is 5.32 Å². The number of amides is 1. The van der Waals surface area contributed by atoms with Crippen LogP contribution >= 0.6 is 0 Å². The molecule has 5 nitrogen and oxygen atoms in total. The molecule has 3 aliphatic carbocycles. The number of benzene rings is 1. The van der Waals surface area contributed by atoms with Crippen LogP contribution in [0.25, 0.3) is 0 Å². The highest BCUT2D eigenvalue weighted by atomic mass is 16.4. The number of rotatable bonds is 5. The van der Waals surface area contributed by atoms with Crippen molar-refractivity contribution in [2.45, 2.75) is 32.1 Å². The lowest BCUT2D eigenvalue weighted by molar-refractivity contribution is -0.156. The summed E-state index contributed by atoms with van der Waals surface area (Å²) in [5.74, 6) is -1.57. The SMILES string of the molecule is O=C(O)[C@H]1C2CCC(CC2)[C@@H]1C(=O)Nc1ccc(Cc2ccncc2)cc1. The molecule has 27 heavy (non-hydrogen) atoms. The van der Waals surface area contributed by atoms with E-state index in [-0.39, 0.29) is 17.7 Å². The minimum Gasteiger partial charge on any atom is -0.481 e. The van der Waals surface area contributed by atoms with Crippen molar-refractivity contribution in [3.63, 3.8) is 0 Å². The summed E-state index contributed by atoms with van der Waals surface area (Å²) in [5.41, 5.74) is 3.06. The van der Waals surface area contributed by atoms with Crippen LogP contribution in [0.5, 0.6) is 0 Å². The van der Waals surface area contributed by atoms with E-state index >= 15 is 0 Å². The first kappa shape index (κ1) is 17.7. The van der Waals surface area contributed by atoms with E-state index in [0.717, 1.165) is 43.4 Å². The van der Waals surface area contributed by atoms with Crippen LogP contribution in [0.3, 0.4) is 0 Å². The fourth-order valence-electron chi connectivity index (χ4n) is 4.85. The third-order valence-corrected chi connectivity index (χ3v) is 6.19.